The molecule has 88 valence electrons. The predicted octanol–water partition coefficient (Wildman–Crippen LogP) is 3.25. The molecule has 1 aliphatic carbocycles. The first-order chi connectivity index (χ1) is 7.28. The molecule has 0 spiro atoms. The maximum Gasteiger partial charge on any atom is 0.148 e. The minimum absolute atomic E-state index is 0.209. The lowest BCUT2D eigenvalue weighted by Crippen LogP contribution is -2.12. The Morgan fingerprint density at radius 2 is 1.75 bits per heavy atom. The molecule has 0 atom stereocenters. The topological polar surface area (TPSA) is 38.0 Å². The molecule has 16 heavy (non-hydrogen) atoms. The summed E-state index contributed by atoms with van der Waals surface area (Å²) in [7, 11) is 0. The van der Waals surface area contributed by atoms with Gasteiger partial charge in [0.25, 0.3) is 0 Å². The zero-order valence-electron chi connectivity index (χ0n) is 10.3. The van der Waals surface area contributed by atoms with E-state index < -0.39 is 0 Å². The number of hydrogen-bond acceptors (Lipinski definition) is 2. The number of benzene rings is 1. The van der Waals surface area contributed by atoms with Crippen LogP contribution in [0.4, 0.5) is 15.8 Å². The average molecular weight is 222 g/mol. The Bertz CT molecular complexity index is 410. The molecule has 1 aromatic carbocycles. The highest BCUT2D eigenvalue weighted by Gasteiger charge is 2.65. The summed E-state index contributed by atoms with van der Waals surface area (Å²) in [5, 5.41) is 3.34. The van der Waals surface area contributed by atoms with Crippen LogP contribution < -0.4 is 11.1 Å². The Kier molecular flexibility index (Phi) is 2.19. The Balaban J connectivity index is 2.21. The molecule has 2 nitrogen and oxygen atoms in total. The summed E-state index contributed by atoms with van der Waals surface area (Å²) in [5.41, 5.74) is 7.03. The molecule has 0 unspecified atom stereocenters. The van der Waals surface area contributed by atoms with Gasteiger partial charge in [-0.15, -0.1) is 0 Å². The molecule has 1 aliphatic rings. The molecular weight excluding hydrogens is 203 g/mol. The Morgan fingerprint density at radius 3 is 2.25 bits per heavy atom. The van der Waals surface area contributed by atoms with Crippen molar-refractivity contribution in [3.63, 3.8) is 0 Å². The van der Waals surface area contributed by atoms with Gasteiger partial charge < -0.3 is 11.1 Å². The molecule has 0 amide bonds. The Labute approximate surface area is 96.0 Å². The molecule has 0 aliphatic heterocycles. The van der Waals surface area contributed by atoms with Gasteiger partial charge in [0, 0.05) is 6.04 Å². The van der Waals surface area contributed by atoms with E-state index in [9.17, 15) is 4.39 Å². The number of nitrogens with one attached hydrogen (secondary N) is 1. The molecule has 3 N–H and O–H groups in total. The second-order valence-electron chi connectivity index (χ2n) is 5.72. The molecule has 1 aromatic rings. The maximum absolute atomic E-state index is 13.3. The Morgan fingerprint density at radius 1 is 1.19 bits per heavy atom. The molecule has 1 fully saturated rings. The lowest BCUT2D eigenvalue weighted by atomic mass is 10.0. The highest BCUT2D eigenvalue weighted by atomic mass is 19.1. The number of anilines is 2. The quantitative estimate of drug-likeness (QED) is 0.754. The monoisotopic (exact) mass is 222 g/mol. The molecule has 0 bridgehead atoms. The lowest BCUT2D eigenvalue weighted by molar-refractivity contribution is 0.457. The molecule has 0 saturated heterocycles. The average Bonchev–Trinajstić information content (AvgIpc) is 2.55. The zero-order valence-corrected chi connectivity index (χ0v) is 10.3. The number of nitrogens with two attached hydrogens (primary N) is 1. The van der Waals surface area contributed by atoms with Gasteiger partial charge in [0.2, 0.25) is 0 Å². The van der Waals surface area contributed by atoms with Crippen LogP contribution in [0.3, 0.4) is 0 Å². The zero-order chi connectivity index (χ0) is 12.1. The van der Waals surface area contributed by atoms with E-state index in [1.807, 2.05) is 6.07 Å². The first-order valence-electron chi connectivity index (χ1n) is 5.59. The van der Waals surface area contributed by atoms with E-state index in [-0.39, 0.29) is 22.3 Å². The summed E-state index contributed by atoms with van der Waals surface area (Å²) < 4.78 is 13.3. The van der Waals surface area contributed by atoms with Crippen LogP contribution in [0, 0.1) is 16.6 Å². The molecule has 0 heterocycles. The minimum Gasteiger partial charge on any atom is -0.395 e. The van der Waals surface area contributed by atoms with Crippen molar-refractivity contribution in [3.8, 4) is 0 Å². The van der Waals surface area contributed by atoms with E-state index in [0.717, 1.165) is 0 Å². The number of halogens is 1. The molecule has 1 saturated carbocycles. The van der Waals surface area contributed by atoms with Crippen LogP contribution in [-0.4, -0.2) is 6.04 Å². The van der Waals surface area contributed by atoms with Crippen molar-refractivity contribution in [2.24, 2.45) is 10.8 Å². The number of rotatable bonds is 2. The van der Waals surface area contributed by atoms with Crippen molar-refractivity contribution in [1.29, 1.82) is 0 Å². The number of hydrogen-bond donors (Lipinski definition) is 2. The van der Waals surface area contributed by atoms with E-state index in [0.29, 0.717) is 11.7 Å². The van der Waals surface area contributed by atoms with E-state index in [2.05, 4.69) is 33.0 Å². The van der Waals surface area contributed by atoms with E-state index in [1.165, 1.54) is 6.07 Å². The lowest BCUT2D eigenvalue weighted by Gasteiger charge is -2.11. The second kappa shape index (κ2) is 3.12. The fourth-order valence-electron chi connectivity index (χ4n) is 2.38. The van der Waals surface area contributed by atoms with Crippen molar-refractivity contribution in [1.82, 2.24) is 0 Å². The highest BCUT2D eigenvalue weighted by Crippen LogP contribution is 2.63. The SMILES string of the molecule is CC1(C)C(Nc2cccc(F)c2N)C1(C)C. The van der Waals surface area contributed by atoms with E-state index >= 15 is 0 Å². The van der Waals surface area contributed by atoms with Crippen LogP contribution in [-0.2, 0) is 0 Å². The molecule has 0 radical (unpaired) electrons. The van der Waals surface area contributed by atoms with Crippen molar-refractivity contribution in [2.75, 3.05) is 11.1 Å². The summed E-state index contributed by atoms with van der Waals surface area (Å²) in [4.78, 5) is 0. The summed E-state index contributed by atoms with van der Waals surface area (Å²) in [5.74, 6) is -0.360. The maximum atomic E-state index is 13.3. The van der Waals surface area contributed by atoms with Crippen LogP contribution in [0.25, 0.3) is 0 Å². The first kappa shape index (κ1) is 11.2. The van der Waals surface area contributed by atoms with Crippen LogP contribution in [0.1, 0.15) is 27.7 Å². The third-order valence-corrected chi connectivity index (χ3v) is 4.37. The Hall–Kier alpha value is -1.25. The molecule has 0 aromatic heterocycles. The van der Waals surface area contributed by atoms with Crippen molar-refractivity contribution < 1.29 is 4.39 Å². The summed E-state index contributed by atoms with van der Waals surface area (Å²) >= 11 is 0. The van der Waals surface area contributed by atoms with Gasteiger partial charge in [-0.05, 0) is 23.0 Å². The summed E-state index contributed by atoms with van der Waals surface area (Å²) in [6.07, 6.45) is 0. The predicted molar refractivity (Wildman–Crippen MR) is 65.8 cm³/mol. The van der Waals surface area contributed by atoms with Crippen LogP contribution in [0.5, 0.6) is 0 Å². The number of para-hydroxylation sites is 1. The molecule has 3 heteroatoms. The molecular formula is C13H19FN2. The van der Waals surface area contributed by atoms with E-state index in [1.54, 1.807) is 6.07 Å². The second-order valence-corrected chi connectivity index (χ2v) is 5.72. The smallest absolute Gasteiger partial charge is 0.148 e. The van der Waals surface area contributed by atoms with Crippen molar-refractivity contribution in [2.45, 2.75) is 33.7 Å². The standard InChI is InChI=1S/C13H19FN2/c1-12(2)11(13(12,3)4)16-9-7-5-6-8(14)10(9)15/h5-7,11,16H,15H2,1-4H3. The largest absolute Gasteiger partial charge is 0.395 e. The highest BCUT2D eigenvalue weighted by molar-refractivity contribution is 5.68. The van der Waals surface area contributed by atoms with Crippen molar-refractivity contribution in [3.05, 3.63) is 24.0 Å². The van der Waals surface area contributed by atoms with Gasteiger partial charge in [-0.3, -0.25) is 0 Å². The summed E-state index contributed by atoms with van der Waals surface area (Å²) in [6, 6.07) is 5.22. The van der Waals surface area contributed by atoms with Crippen LogP contribution in [0.15, 0.2) is 18.2 Å². The third kappa shape index (κ3) is 1.38. The minimum atomic E-state index is -0.360. The fourth-order valence-corrected chi connectivity index (χ4v) is 2.38. The van der Waals surface area contributed by atoms with Gasteiger partial charge >= 0.3 is 0 Å². The molecule has 2 rings (SSSR count). The van der Waals surface area contributed by atoms with Gasteiger partial charge in [-0.1, -0.05) is 33.8 Å². The first-order valence-corrected chi connectivity index (χ1v) is 5.59. The van der Waals surface area contributed by atoms with E-state index in [4.69, 9.17) is 5.73 Å². The van der Waals surface area contributed by atoms with Gasteiger partial charge in [0.05, 0.1) is 11.4 Å². The van der Waals surface area contributed by atoms with Crippen molar-refractivity contribution >= 4 is 11.4 Å². The summed E-state index contributed by atoms with van der Waals surface area (Å²) in [6.45, 7) is 8.83. The van der Waals surface area contributed by atoms with Gasteiger partial charge in [0.15, 0.2) is 0 Å². The fraction of sp³-hybridized carbons (Fsp3) is 0.538. The normalized spacial score (nSPS) is 21.8. The number of nitrogen functional groups attached to an aromatic ring is 1. The third-order valence-electron chi connectivity index (χ3n) is 4.37. The van der Waals surface area contributed by atoms with Gasteiger partial charge in [-0.25, -0.2) is 4.39 Å². The van der Waals surface area contributed by atoms with Gasteiger partial charge in [-0.2, -0.15) is 0 Å². The van der Waals surface area contributed by atoms with Gasteiger partial charge in [0.1, 0.15) is 5.82 Å². The van der Waals surface area contributed by atoms with Crippen LogP contribution in [0.2, 0.25) is 0 Å². The van der Waals surface area contributed by atoms with Crippen LogP contribution >= 0.6 is 0 Å².